The summed E-state index contributed by atoms with van der Waals surface area (Å²) in [5, 5.41) is 12.0. The molecule has 0 spiro atoms. The van der Waals surface area contributed by atoms with Crippen molar-refractivity contribution < 1.29 is 9.53 Å². The summed E-state index contributed by atoms with van der Waals surface area (Å²) in [6, 6.07) is 2.55. The molecule has 1 saturated heterocycles. The van der Waals surface area contributed by atoms with Crippen molar-refractivity contribution in [3.05, 3.63) is 39.0 Å². The number of fused-ring (bicyclic) bond motifs is 1. The number of nitrogens with zero attached hydrogens (tertiary/aromatic N) is 5. The Kier molecular flexibility index (Phi) is 5.42. The molecule has 3 aliphatic rings. The van der Waals surface area contributed by atoms with Crippen LogP contribution in [-0.4, -0.2) is 52.1 Å². The zero-order valence-corrected chi connectivity index (χ0v) is 19.7. The van der Waals surface area contributed by atoms with E-state index in [2.05, 4.69) is 36.7 Å². The van der Waals surface area contributed by atoms with Gasteiger partial charge in [-0.2, -0.15) is 5.26 Å². The molecular formula is C24H29N5O2S. The highest BCUT2D eigenvalue weighted by Crippen LogP contribution is 2.45. The van der Waals surface area contributed by atoms with Gasteiger partial charge in [-0.15, -0.1) is 11.3 Å². The molecule has 0 unspecified atom stereocenters. The number of piperazine rings is 1. The molecule has 0 aromatic carbocycles. The highest BCUT2D eigenvalue weighted by Gasteiger charge is 2.39. The molecule has 168 valence electrons. The van der Waals surface area contributed by atoms with Crippen LogP contribution >= 0.6 is 11.3 Å². The Morgan fingerprint density at radius 3 is 2.81 bits per heavy atom. The van der Waals surface area contributed by atoms with Crippen LogP contribution in [0.5, 0.6) is 0 Å². The molecule has 1 atom stereocenters. The molecule has 2 aromatic heterocycles. The van der Waals surface area contributed by atoms with E-state index in [0.717, 1.165) is 48.3 Å². The van der Waals surface area contributed by atoms with Crippen molar-refractivity contribution in [1.82, 2.24) is 14.9 Å². The van der Waals surface area contributed by atoms with Crippen LogP contribution in [0.3, 0.4) is 0 Å². The molecule has 8 heteroatoms. The summed E-state index contributed by atoms with van der Waals surface area (Å²) in [4.78, 5) is 26.4. The normalized spacial score (nSPS) is 22.4. The largest absolute Gasteiger partial charge is 0.370 e. The maximum atomic E-state index is 13.0. The van der Waals surface area contributed by atoms with Gasteiger partial charge in [0.05, 0.1) is 29.0 Å². The molecule has 7 nitrogen and oxygen atoms in total. The van der Waals surface area contributed by atoms with E-state index in [4.69, 9.17) is 9.72 Å². The topological polar surface area (TPSA) is 82.4 Å². The molecule has 32 heavy (non-hydrogen) atoms. The fourth-order valence-electron chi connectivity index (χ4n) is 4.95. The van der Waals surface area contributed by atoms with Crippen molar-refractivity contribution in [3.63, 3.8) is 0 Å². The average Bonchev–Trinajstić information content (AvgIpc) is 3.49. The first-order valence-corrected chi connectivity index (χ1v) is 12.4. The van der Waals surface area contributed by atoms with Crippen LogP contribution in [0, 0.1) is 11.3 Å². The van der Waals surface area contributed by atoms with Crippen LogP contribution in [0.2, 0.25) is 0 Å². The van der Waals surface area contributed by atoms with E-state index < -0.39 is 0 Å². The standard InChI is InChI=1S/C24H29N5O2S/c1-4-16-11-28(7-8-29(16)23(30)20-13-32-14-26-20)22-18(10-25)17-9-24(2,3)31-12-19(17)21(27-22)15-5-6-15/h13-16H,4-9,11-12H2,1-3H3/t16-/m1/s1. The van der Waals surface area contributed by atoms with Gasteiger partial charge in [-0.3, -0.25) is 4.79 Å². The second kappa shape index (κ2) is 8.13. The summed E-state index contributed by atoms with van der Waals surface area (Å²) in [6.45, 7) is 8.76. The summed E-state index contributed by atoms with van der Waals surface area (Å²) < 4.78 is 6.09. The Hall–Kier alpha value is -2.50. The van der Waals surface area contributed by atoms with Gasteiger partial charge in [-0.1, -0.05) is 6.92 Å². The second-order valence-corrected chi connectivity index (χ2v) is 10.4. The molecule has 2 aromatic rings. The van der Waals surface area contributed by atoms with Crippen LogP contribution in [0.15, 0.2) is 10.9 Å². The molecule has 5 rings (SSSR count). The van der Waals surface area contributed by atoms with Crippen LogP contribution in [0.1, 0.15) is 78.8 Å². The number of carbonyl (C=O) groups is 1. The average molecular weight is 452 g/mol. The molecule has 1 amide bonds. The fourth-order valence-corrected chi connectivity index (χ4v) is 5.47. The van der Waals surface area contributed by atoms with Gasteiger partial charge in [0.15, 0.2) is 0 Å². The number of ether oxygens (including phenoxy) is 1. The number of aromatic nitrogens is 2. The summed E-state index contributed by atoms with van der Waals surface area (Å²) in [6.07, 6.45) is 3.87. The van der Waals surface area contributed by atoms with Gasteiger partial charge in [-0.25, -0.2) is 9.97 Å². The third-order valence-electron chi connectivity index (χ3n) is 6.88. The predicted octanol–water partition coefficient (Wildman–Crippen LogP) is 3.88. The second-order valence-electron chi connectivity index (χ2n) is 9.64. The van der Waals surface area contributed by atoms with E-state index in [9.17, 15) is 10.1 Å². The summed E-state index contributed by atoms with van der Waals surface area (Å²) in [5.41, 5.74) is 5.99. The van der Waals surface area contributed by atoms with Crippen molar-refractivity contribution >= 4 is 23.1 Å². The van der Waals surface area contributed by atoms with Gasteiger partial charge in [0, 0.05) is 49.0 Å². The lowest BCUT2D eigenvalue weighted by Crippen LogP contribution is -2.55. The zero-order valence-electron chi connectivity index (χ0n) is 18.9. The molecule has 2 aliphatic heterocycles. The summed E-state index contributed by atoms with van der Waals surface area (Å²) >= 11 is 1.44. The van der Waals surface area contributed by atoms with Gasteiger partial charge in [0.2, 0.25) is 0 Å². The maximum Gasteiger partial charge on any atom is 0.273 e. The van der Waals surface area contributed by atoms with E-state index >= 15 is 0 Å². The molecule has 0 N–H and O–H groups in total. The lowest BCUT2D eigenvalue weighted by atomic mass is 9.87. The Morgan fingerprint density at radius 1 is 1.34 bits per heavy atom. The number of hydrogen-bond donors (Lipinski definition) is 0. The number of carbonyl (C=O) groups excluding carboxylic acids is 1. The SMILES string of the molecule is CC[C@@H]1CN(c2nc(C3CC3)c3c(c2C#N)CC(C)(C)OC3)CCN1C(=O)c1cscn1. The van der Waals surface area contributed by atoms with Crippen molar-refractivity contribution in [3.8, 4) is 6.07 Å². The molecule has 4 heterocycles. The fraction of sp³-hybridized carbons (Fsp3) is 0.583. The van der Waals surface area contributed by atoms with Gasteiger partial charge in [0.25, 0.3) is 5.91 Å². The van der Waals surface area contributed by atoms with E-state index in [0.29, 0.717) is 43.4 Å². The van der Waals surface area contributed by atoms with Gasteiger partial charge in [0.1, 0.15) is 17.6 Å². The van der Waals surface area contributed by atoms with Crippen LogP contribution in [0.4, 0.5) is 5.82 Å². The number of thiazole rings is 1. The molecule has 1 aliphatic carbocycles. The van der Waals surface area contributed by atoms with E-state index in [1.54, 1.807) is 5.51 Å². The maximum absolute atomic E-state index is 13.0. The Labute approximate surface area is 193 Å². The first kappa shape index (κ1) is 21.4. The Balaban J connectivity index is 1.49. The van der Waals surface area contributed by atoms with Crippen molar-refractivity contribution in [2.45, 2.75) is 70.6 Å². The van der Waals surface area contributed by atoms with Gasteiger partial charge < -0.3 is 14.5 Å². The molecular weight excluding hydrogens is 422 g/mol. The number of amides is 1. The first-order chi connectivity index (χ1) is 15.4. The van der Waals surface area contributed by atoms with Crippen LogP contribution < -0.4 is 4.90 Å². The number of pyridine rings is 1. The van der Waals surface area contributed by atoms with Crippen LogP contribution in [-0.2, 0) is 17.8 Å². The summed E-state index contributed by atoms with van der Waals surface area (Å²) in [7, 11) is 0. The number of anilines is 1. The minimum atomic E-state index is -0.289. The third kappa shape index (κ3) is 3.78. The number of nitriles is 1. The smallest absolute Gasteiger partial charge is 0.273 e. The van der Waals surface area contributed by atoms with Gasteiger partial charge >= 0.3 is 0 Å². The van der Waals surface area contributed by atoms with Crippen LogP contribution in [0.25, 0.3) is 0 Å². The predicted molar refractivity (Wildman–Crippen MR) is 123 cm³/mol. The molecule has 1 saturated carbocycles. The minimum Gasteiger partial charge on any atom is -0.370 e. The van der Waals surface area contributed by atoms with Crippen molar-refractivity contribution in [1.29, 1.82) is 5.26 Å². The Morgan fingerprint density at radius 2 is 2.16 bits per heavy atom. The van der Waals surface area contributed by atoms with E-state index in [-0.39, 0.29) is 17.6 Å². The third-order valence-corrected chi connectivity index (χ3v) is 7.46. The Bertz CT molecular complexity index is 1070. The lowest BCUT2D eigenvalue weighted by molar-refractivity contribution is -0.0407. The number of rotatable bonds is 4. The monoisotopic (exact) mass is 451 g/mol. The van der Waals surface area contributed by atoms with Crippen molar-refractivity contribution in [2.75, 3.05) is 24.5 Å². The first-order valence-electron chi connectivity index (χ1n) is 11.5. The zero-order chi connectivity index (χ0) is 22.5. The molecule has 2 fully saturated rings. The molecule has 0 radical (unpaired) electrons. The highest BCUT2D eigenvalue weighted by molar-refractivity contribution is 7.07. The highest BCUT2D eigenvalue weighted by atomic mass is 32.1. The number of hydrogen-bond acceptors (Lipinski definition) is 7. The van der Waals surface area contributed by atoms with Gasteiger partial charge in [-0.05, 0) is 38.7 Å². The minimum absolute atomic E-state index is 0.00535. The quantitative estimate of drug-likeness (QED) is 0.702. The molecule has 0 bridgehead atoms. The van der Waals surface area contributed by atoms with E-state index in [1.807, 2.05) is 10.3 Å². The van der Waals surface area contributed by atoms with E-state index in [1.165, 1.54) is 11.3 Å². The van der Waals surface area contributed by atoms with Crippen molar-refractivity contribution in [2.24, 2.45) is 0 Å². The summed E-state index contributed by atoms with van der Waals surface area (Å²) in [5.74, 6) is 1.27. The lowest BCUT2D eigenvalue weighted by Gasteiger charge is -2.42.